The third kappa shape index (κ3) is 7.19. The molecule has 0 aliphatic heterocycles. The molecule has 0 spiro atoms. The molecule has 2 aromatic carbocycles. The smallest absolute Gasteiger partial charge is 0.326 e. The molecule has 3 N–H and O–H groups in total. The molecule has 9 heteroatoms. The van der Waals surface area contributed by atoms with Crippen LogP contribution in [0.1, 0.15) is 52.3 Å². The first-order valence-electron chi connectivity index (χ1n) is 10.8. The third-order valence-corrected chi connectivity index (χ3v) is 5.42. The van der Waals surface area contributed by atoms with Crippen molar-refractivity contribution in [3.63, 3.8) is 0 Å². The largest absolute Gasteiger partial charge is 0.416 e. The van der Waals surface area contributed by atoms with Crippen LogP contribution in [0.5, 0.6) is 0 Å². The molecule has 1 amide bonds. The molecule has 1 heterocycles. The predicted molar refractivity (Wildman–Crippen MR) is 139 cm³/mol. The summed E-state index contributed by atoms with van der Waals surface area (Å²) in [7, 11) is 0. The average molecular weight is 528 g/mol. The Morgan fingerprint density at radius 3 is 2.06 bits per heavy atom. The number of nitrogens with one attached hydrogen (secondary N) is 1. The van der Waals surface area contributed by atoms with Crippen molar-refractivity contribution in [3.05, 3.63) is 82.2 Å². The number of anilines is 1. The van der Waals surface area contributed by atoms with Crippen LogP contribution in [0.2, 0.25) is 0 Å². The normalized spacial score (nSPS) is 11.0. The highest BCUT2D eigenvalue weighted by atomic mass is 35.5. The molecular formula is C26H30Cl2F3N3O. The van der Waals surface area contributed by atoms with Gasteiger partial charge in [-0.1, -0.05) is 43.7 Å². The van der Waals surface area contributed by atoms with E-state index in [4.69, 9.17) is 10.7 Å². The van der Waals surface area contributed by atoms with Crippen molar-refractivity contribution < 1.29 is 18.0 Å². The predicted octanol–water partition coefficient (Wildman–Crippen LogP) is 7.14. The number of nitrogens with two attached hydrogens (primary N) is 1. The molecule has 4 nitrogen and oxygen atoms in total. The number of hydrogen-bond acceptors (Lipinski definition) is 3. The van der Waals surface area contributed by atoms with Gasteiger partial charge in [0.25, 0.3) is 5.91 Å². The number of pyridine rings is 1. The van der Waals surface area contributed by atoms with Gasteiger partial charge in [-0.25, -0.2) is 0 Å². The second kappa shape index (κ2) is 12.4. The molecule has 35 heavy (non-hydrogen) atoms. The minimum Gasteiger partial charge on any atom is -0.326 e. The number of alkyl halides is 3. The van der Waals surface area contributed by atoms with Crippen molar-refractivity contribution in [3.8, 4) is 11.1 Å². The minimum atomic E-state index is -4.46. The second-order valence-corrected chi connectivity index (χ2v) is 8.57. The molecule has 0 aliphatic carbocycles. The number of carbonyl (C=O) groups is 1. The van der Waals surface area contributed by atoms with E-state index < -0.39 is 17.6 Å². The molecule has 1 aromatic heterocycles. The van der Waals surface area contributed by atoms with Gasteiger partial charge in [0.2, 0.25) is 0 Å². The summed E-state index contributed by atoms with van der Waals surface area (Å²) in [5, 5.41) is 2.88. The average Bonchev–Trinajstić information content (AvgIpc) is 2.75. The summed E-state index contributed by atoms with van der Waals surface area (Å²) < 4.78 is 38.6. The van der Waals surface area contributed by atoms with Crippen LogP contribution in [0.3, 0.4) is 0 Å². The van der Waals surface area contributed by atoms with Gasteiger partial charge in [0.05, 0.1) is 16.9 Å². The number of hydrogen-bond donors (Lipinski definition) is 2. The van der Waals surface area contributed by atoms with Crippen molar-refractivity contribution in [1.29, 1.82) is 0 Å². The summed E-state index contributed by atoms with van der Waals surface area (Å²) >= 11 is 0. The van der Waals surface area contributed by atoms with Crippen LogP contribution in [-0.2, 0) is 19.1 Å². The monoisotopic (exact) mass is 527 g/mol. The molecule has 0 radical (unpaired) electrons. The lowest BCUT2D eigenvalue weighted by molar-refractivity contribution is -0.137. The van der Waals surface area contributed by atoms with Crippen molar-refractivity contribution in [1.82, 2.24) is 4.98 Å². The van der Waals surface area contributed by atoms with E-state index in [9.17, 15) is 18.0 Å². The maximum atomic E-state index is 13.0. The number of aromatic nitrogens is 1. The van der Waals surface area contributed by atoms with Crippen LogP contribution < -0.4 is 11.1 Å². The zero-order valence-corrected chi connectivity index (χ0v) is 21.6. The number of carbonyl (C=O) groups excluding carboxylic acids is 1. The number of nitrogens with zero attached hydrogens (tertiary/aromatic N) is 1. The van der Waals surface area contributed by atoms with Gasteiger partial charge in [0.1, 0.15) is 0 Å². The fourth-order valence-electron chi connectivity index (χ4n) is 3.77. The van der Waals surface area contributed by atoms with E-state index in [2.05, 4.69) is 19.2 Å². The molecule has 0 fully saturated rings. The Morgan fingerprint density at radius 2 is 1.57 bits per heavy atom. The van der Waals surface area contributed by atoms with Gasteiger partial charge in [0, 0.05) is 23.4 Å². The van der Waals surface area contributed by atoms with E-state index in [-0.39, 0.29) is 36.9 Å². The molecule has 3 rings (SSSR count). The fraction of sp³-hybridized carbons (Fsp3) is 0.308. The lowest BCUT2D eigenvalue weighted by Crippen LogP contribution is -2.18. The summed E-state index contributed by atoms with van der Waals surface area (Å²) in [5.41, 5.74) is 11.1. The Labute approximate surface area is 216 Å². The molecule has 0 saturated heterocycles. The van der Waals surface area contributed by atoms with E-state index in [1.165, 1.54) is 12.1 Å². The van der Waals surface area contributed by atoms with Crippen LogP contribution in [0.25, 0.3) is 11.1 Å². The lowest BCUT2D eigenvalue weighted by atomic mass is 9.92. The number of aryl methyl sites for hydroxylation is 2. The van der Waals surface area contributed by atoms with E-state index in [0.29, 0.717) is 17.3 Å². The van der Waals surface area contributed by atoms with Gasteiger partial charge in [-0.3, -0.25) is 9.78 Å². The number of rotatable bonds is 6. The van der Waals surface area contributed by atoms with Crippen LogP contribution >= 0.6 is 24.8 Å². The van der Waals surface area contributed by atoms with Gasteiger partial charge >= 0.3 is 6.18 Å². The highest BCUT2D eigenvalue weighted by molar-refractivity contribution is 6.07. The van der Waals surface area contributed by atoms with Gasteiger partial charge in [0.15, 0.2) is 0 Å². The van der Waals surface area contributed by atoms with Crippen LogP contribution in [0.15, 0.2) is 48.5 Å². The maximum absolute atomic E-state index is 13.0. The number of benzene rings is 2. The first-order chi connectivity index (χ1) is 15.5. The minimum absolute atomic E-state index is 0. The molecular weight excluding hydrogens is 498 g/mol. The Kier molecular flexibility index (Phi) is 10.8. The number of halogens is 5. The van der Waals surface area contributed by atoms with Gasteiger partial charge in [-0.2, -0.15) is 13.2 Å². The van der Waals surface area contributed by atoms with E-state index in [1.54, 1.807) is 0 Å². The second-order valence-electron chi connectivity index (χ2n) is 8.57. The Morgan fingerprint density at radius 1 is 1.00 bits per heavy atom. The summed E-state index contributed by atoms with van der Waals surface area (Å²) in [6.45, 7) is 8.24. The number of amides is 1. The Hall–Kier alpha value is -2.61. The summed E-state index contributed by atoms with van der Waals surface area (Å²) in [6.07, 6.45) is -3.73. The first kappa shape index (κ1) is 30.4. The molecule has 0 aliphatic rings. The van der Waals surface area contributed by atoms with E-state index in [1.807, 2.05) is 38.1 Å². The van der Waals surface area contributed by atoms with Crippen LogP contribution in [-0.4, -0.2) is 10.9 Å². The Balaban J connectivity index is 0.00000306. The van der Waals surface area contributed by atoms with E-state index in [0.717, 1.165) is 46.5 Å². The summed E-state index contributed by atoms with van der Waals surface area (Å²) in [6, 6.07) is 12.0. The topological polar surface area (TPSA) is 68.0 Å². The highest BCUT2D eigenvalue weighted by Gasteiger charge is 2.30. The van der Waals surface area contributed by atoms with Gasteiger partial charge < -0.3 is 11.1 Å². The van der Waals surface area contributed by atoms with Crippen molar-refractivity contribution in [2.75, 3.05) is 5.32 Å². The first-order valence-corrected chi connectivity index (χ1v) is 10.8. The zero-order valence-electron chi connectivity index (χ0n) is 20.0. The van der Waals surface area contributed by atoms with Crippen molar-refractivity contribution in [2.24, 2.45) is 11.7 Å². The summed E-state index contributed by atoms with van der Waals surface area (Å²) in [5.74, 6) is -0.151. The van der Waals surface area contributed by atoms with Gasteiger partial charge in [-0.15, -0.1) is 24.8 Å². The van der Waals surface area contributed by atoms with Crippen molar-refractivity contribution in [2.45, 2.75) is 46.8 Å². The molecule has 0 unspecified atom stereocenters. The fourth-order valence-corrected chi connectivity index (χ4v) is 3.77. The van der Waals surface area contributed by atoms with E-state index >= 15 is 0 Å². The molecule has 0 bridgehead atoms. The third-order valence-electron chi connectivity index (χ3n) is 5.42. The van der Waals surface area contributed by atoms with Crippen LogP contribution in [0, 0.1) is 19.8 Å². The standard InChI is InChI=1S/C26H28F3N3O.2ClH/c1-15(2)13-22-21(14-30)23(18-7-5-16(3)6-8-18)24(17(4)31-22)32-25(33)19-9-11-20(12-10-19)26(27,28)29;;/h5-12,15H,13-14,30H2,1-4H3,(H,32,33);2*1H. The molecule has 3 aromatic rings. The highest BCUT2D eigenvalue weighted by Crippen LogP contribution is 2.36. The quantitative estimate of drug-likeness (QED) is 0.358. The van der Waals surface area contributed by atoms with Gasteiger partial charge in [-0.05, 0) is 61.6 Å². The zero-order chi connectivity index (χ0) is 24.3. The van der Waals surface area contributed by atoms with Crippen molar-refractivity contribution >= 4 is 36.4 Å². The summed E-state index contributed by atoms with van der Waals surface area (Å²) in [4.78, 5) is 17.7. The molecule has 0 saturated carbocycles. The van der Waals surface area contributed by atoms with Crippen LogP contribution in [0.4, 0.5) is 18.9 Å². The molecule has 190 valence electrons. The molecule has 0 atom stereocenters. The lowest BCUT2D eigenvalue weighted by Gasteiger charge is -2.21. The maximum Gasteiger partial charge on any atom is 0.416 e. The SMILES string of the molecule is Cc1ccc(-c2c(CN)c(CC(C)C)nc(C)c2NC(=O)c2ccc(C(F)(F)F)cc2)cc1.Cl.Cl. The Bertz CT molecular complexity index is 1150.